The lowest BCUT2D eigenvalue weighted by Gasteiger charge is -2.26. The second kappa shape index (κ2) is 6.93. The standard InChI is InChI=1S/C18H24N4O3/c1-18(2,24)8-16(23)22-11-13(25-3)7-15(22)17-20-10-14(21-17)12-5-4-6-19-9-12/h4-6,9-10,13,15,24H,7-8,11H2,1-3H3,(H,20,21)/t13-,15+/m1/s1. The van der Waals surface area contributed by atoms with E-state index in [1.165, 1.54) is 0 Å². The Balaban J connectivity index is 1.83. The molecule has 2 N–H and O–H groups in total. The second-order valence-corrected chi connectivity index (χ2v) is 7.07. The number of likely N-dealkylation sites (tertiary alicyclic amines) is 1. The number of nitrogens with one attached hydrogen (secondary N) is 1. The van der Waals surface area contributed by atoms with Gasteiger partial charge in [-0.2, -0.15) is 0 Å². The predicted octanol–water partition coefficient (Wildman–Crippen LogP) is 1.92. The van der Waals surface area contributed by atoms with Crippen LogP contribution < -0.4 is 0 Å². The number of pyridine rings is 1. The topological polar surface area (TPSA) is 91.3 Å². The first kappa shape index (κ1) is 17.6. The third kappa shape index (κ3) is 4.05. The zero-order chi connectivity index (χ0) is 18.0. The molecule has 1 aliphatic heterocycles. The summed E-state index contributed by atoms with van der Waals surface area (Å²) in [6.45, 7) is 3.77. The number of imidazole rings is 1. The molecule has 1 aliphatic rings. The highest BCUT2D eigenvalue weighted by Gasteiger charge is 2.39. The van der Waals surface area contributed by atoms with Crippen LogP contribution in [0, 0.1) is 0 Å². The maximum Gasteiger partial charge on any atom is 0.226 e. The van der Waals surface area contributed by atoms with Crippen molar-refractivity contribution in [3.05, 3.63) is 36.5 Å². The highest BCUT2D eigenvalue weighted by Crippen LogP contribution is 2.34. The Morgan fingerprint density at radius 1 is 1.48 bits per heavy atom. The van der Waals surface area contributed by atoms with Crippen LogP contribution in [0.2, 0.25) is 0 Å². The number of nitrogens with zero attached hydrogens (tertiary/aromatic N) is 3. The van der Waals surface area contributed by atoms with Crippen LogP contribution >= 0.6 is 0 Å². The minimum atomic E-state index is -1.04. The van der Waals surface area contributed by atoms with Crippen LogP contribution in [-0.4, -0.2) is 56.2 Å². The summed E-state index contributed by atoms with van der Waals surface area (Å²) in [4.78, 5) is 26.3. The van der Waals surface area contributed by atoms with Gasteiger partial charge < -0.3 is 19.7 Å². The molecule has 3 rings (SSSR count). The number of aromatic amines is 1. The first-order valence-corrected chi connectivity index (χ1v) is 8.37. The lowest BCUT2D eigenvalue weighted by molar-refractivity contribution is -0.136. The number of H-pyrrole nitrogens is 1. The molecule has 0 aliphatic carbocycles. The Morgan fingerprint density at radius 3 is 2.92 bits per heavy atom. The van der Waals surface area contributed by atoms with Crippen molar-refractivity contribution in [3.63, 3.8) is 0 Å². The molecule has 0 saturated carbocycles. The molecular formula is C18H24N4O3. The molecule has 0 bridgehead atoms. The van der Waals surface area contributed by atoms with Gasteiger partial charge in [-0.05, 0) is 26.0 Å². The molecule has 2 aromatic rings. The van der Waals surface area contributed by atoms with Crippen molar-refractivity contribution in [2.75, 3.05) is 13.7 Å². The predicted molar refractivity (Wildman–Crippen MR) is 92.6 cm³/mol. The van der Waals surface area contributed by atoms with Crippen molar-refractivity contribution in [1.29, 1.82) is 0 Å². The molecule has 0 spiro atoms. The largest absolute Gasteiger partial charge is 0.390 e. The summed E-state index contributed by atoms with van der Waals surface area (Å²) in [5.74, 6) is 0.624. The number of rotatable bonds is 5. The van der Waals surface area contributed by atoms with E-state index in [9.17, 15) is 9.90 Å². The van der Waals surface area contributed by atoms with Crippen LogP contribution in [0.4, 0.5) is 0 Å². The number of aromatic nitrogens is 3. The minimum absolute atomic E-state index is 0.0392. The molecule has 0 unspecified atom stereocenters. The van der Waals surface area contributed by atoms with E-state index in [0.29, 0.717) is 13.0 Å². The summed E-state index contributed by atoms with van der Waals surface area (Å²) in [5, 5.41) is 9.97. The molecule has 3 heterocycles. The van der Waals surface area contributed by atoms with Gasteiger partial charge in [-0.1, -0.05) is 0 Å². The van der Waals surface area contributed by atoms with E-state index in [1.54, 1.807) is 44.4 Å². The Labute approximate surface area is 147 Å². The molecule has 1 saturated heterocycles. The molecule has 0 radical (unpaired) electrons. The van der Waals surface area contributed by atoms with E-state index in [2.05, 4.69) is 15.0 Å². The van der Waals surface area contributed by atoms with Gasteiger partial charge in [0.15, 0.2) is 0 Å². The number of ether oxygens (including phenoxy) is 1. The number of carbonyl (C=O) groups is 1. The zero-order valence-electron chi connectivity index (χ0n) is 14.8. The van der Waals surface area contributed by atoms with Gasteiger partial charge >= 0.3 is 0 Å². The summed E-state index contributed by atoms with van der Waals surface area (Å²) < 4.78 is 5.46. The van der Waals surface area contributed by atoms with Gasteiger partial charge in [0.05, 0.1) is 36.1 Å². The number of hydrogen-bond donors (Lipinski definition) is 2. The van der Waals surface area contributed by atoms with Crippen molar-refractivity contribution in [3.8, 4) is 11.3 Å². The van der Waals surface area contributed by atoms with Gasteiger partial charge in [-0.15, -0.1) is 0 Å². The van der Waals surface area contributed by atoms with Crippen molar-refractivity contribution >= 4 is 5.91 Å². The quantitative estimate of drug-likeness (QED) is 0.865. The van der Waals surface area contributed by atoms with Gasteiger partial charge in [-0.25, -0.2) is 4.98 Å². The lowest BCUT2D eigenvalue weighted by Crippen LogP contribution is -2.37. The molecule has 25 heavy (non-hydrogen) atoms. The maximum atomic E-state index is 12.6. The monoisotopic (exact) mass is 344 g/mol. The third-order valence-corrected chi connectivity index (χ3v) is 4.38. The number of amides is 1. The Hall–Kier alpha value is -2.25. The van der Waals surface area contributed by atoms with Gasteiger partial charge in [0.25, 0.3) is 0 Å². The summed E-state index contributed by atoms with van der Waals surface area (Å²) in [6, 6.07) is 3.63. The van der Waals surface area contributed by atoms with E-state index in [-0.39, 0.29) is 24.5 Å². The highest BCUT2D eigenvalue weighted by atomic mass is 16.5. The molecule has 1 amide bonds. The Kier molecular flexibility index (Phi) is 4.87. The van der Waals surface area contributed by atoms with E-state index in [0.717, 1.165) is 17.1 Å². The van der Waals surface area contributed by atoms with Gasteiger partial charge in [0.1, 0.15) is 5.82 Å². The highest BCUT2D eigenvalue weighted by molar-refractivity contribution is 5.78. The first-order chi connectivity index (χ1) is 11.9. The van der Waals surface area contributed by atoms with E-state index < -0.39 is 5.60 Å². The van der Waals surface area contributed by atoms with Crippen molar-refractivity contribution in [2.45, 2.75) is 44.4 Å². The van der Waals surface area contributed by atoms with Crippen LogP contribution in [0.5, 0.6) is 0 Å². The SMILES string of the molecule is CO[C@@H]1C[C@@H](c2ncc(-c3cccnc3)[nH]2)N(C(=O)CC(C)(C)O)C1. The molecule has 0 aromatic carbocycles. The summed E-state index contributed by atoms with van der Waals surface area (Å²) in [6.07, 6.45) is 5.94. The third-order valence-electron chi connectivity index (χ3n) is 4.38. The Morgan fingerprint density at radius 2 is 2.28 bits per heavy atom. The van der Waals surface area contributed by atoms with Crippen molar-refractivity contribution in [1.82, 2.24) is 19.9 Å². The van der Waals surface area contributed by atoms with Crippen molar-refractivity contribution in [2.24, 2.45) is 0 Å². The molecule has 134 valence electrons. The average Bonchev–Trinajstić information content (AvgIpc) is 3.21. The van der Waals surface area contributed by atoms with E-state index >= 15 is 0 Å². The maximum absolute atomic E-state index is 12.6. The normalized spacial score (nSPS) is 20.9. The second-order valence-electron chi connectivity index (χ2n) is 7.07. The van der Waals surface area contributed by atoms with Crippen LogP contribution in [0.25, 0.3) is 11.3 Å². The van der Waals surface area contributed by atoms with Crippen LogP contribution in [0.1, 0.15) is 38.6 Å². The number of carbonyl (C=O) groups excluding carboxylic acids is 1. The number of methoxy groups -OCH3 is 1. The van der Waals surface area contributed by atoms with E-state index in [1.807, 2.05) is 12.1 Å². The van der Waals surface area contributed by atoms with Gasteiger partial charge in [-0.3, -0.25) is 9.78 Å². The molecule has 7 heteroatoms. The minimum Gasteiger partial charge on any atom is -0.390 e. The molecule has 2 aromatic heterocycles. The lowest BCUT2D eigenvalue weighted by atomic mass is 10.0. The van der Waals surface area contributed by atoms with Crippen LogP contribution in [0.3, 0.4) is 0 Å². The fourth-order valence-corrected chi connectivity index (χ4v) is 3.15. The van der Waals surface area contributed by atoms with Gasteiger partial charge in [0, 0.05) is 38.0 Å². The van der Waals surface area contributed by atoms with Crippen LogP contribution in [-0.2, 0) is 9.53 Å². The van der Waals surface area contributed by atoms with Crippen LogP contribution in [0.15, 0.2) is 30.7 Å². The molecular weight excluding hydrogens is 320 g/mol. The Bertz CT molecular complexity index is 723. The molecule has 2 atom stereocenters. The summed E-state index contributed by atoms with van der Waals surface area (Å²) >= 11 is 0. The zero-order valence-corrected chi connectivity index (χ0v) is 14.8. The molecule has 1 fully saturated rings. The van der Waals surface area contributed by atoms with E-state index in [4.69, 9.17) is 4.74 Å². The number of aliphatic hydroxyl groups is 1. The smallest absolute Gasteiger partial charge is 0.226 e. The number of hydrogen-bond acceptors (Lipinski definition) is 5. The van der Waals surface area contributed by atoms with Gasteiger partial charge in [0.2, 0.25) is 5.91 Å². The average molecular weight is 344 g/mol. The molecule has 7 nitrogen and oxygen atoms in total. The fourth-order valence-electron chi connectivity index (χ4n) is 3.15. The summed E-state index contributed by atoms with van der Waals surface area (Å²) in [5.41, 5.74) is 0.757. The van der Waals surface area contributed by atoms with Crippen molar-refractivity contribution < 1.29 is 14.6 Å². The first-order valence-electron chi connectivity index (χ1n) is 8.37. The fraction of sp³-hybridized carbons (Fsp3) is 0.500. The summed E-state index contributed by atoms with van der Waals surface area (Å²) in [7, 11) is 1.65.